The second kappa shape index (κ2) is 10.8. The van der Waals surface area contributed by atoms with Gasteiger partial charge >= 0.3 is 0 Å². The summed E-state index contributed by atoms with van der Waals surface area (Å²) in [6.45, 7) is 0.501. The first-order valence-corrected chi connectivity index (χ1v) is 11.1. The van der Waals surface area contributed by atoms with Crippen LogP contribution in [0.25, 0.3) is 11.2 Å². The van der Waals surface area contributed by atoms with Crippen LogP contribution in [0.1, 0.15) is 51.4 Å². The van der Waals surface area contributed by atoms with Crippen LogP contribution in [0.2, 0.25) is 0 Å². The molecule has 1 saturated carbocycles. The molecule has 10 nitrogen and oxygen atoms in total. The van der Waals surface area contributed by atoms with Gasteiger partial charge in [-0.2, -0.15) is 9.97 Å². The number of carbonyl (C=O) groups excluding carboxylic acids is 1. The predicted molar refractivity (Wildman–Crippen MR) is 121 cm³/mol. The summed E-state index contributed by atoms with van der Waals surface area (Å²) in [6.07, 6.45) is 9.36. The van der Waals surface area contributed by atoms with Crippen LogP contribution in [0.3, 0.4) is 0 Å². The monoisotopic (exact) mass is 439 g/mol. The number of aromatic amines is 1. The molecule has 4 rings (SSSR count). The molecule has 0 bridgehead atoms. The number of amides is 1. The van der Waals surface area contributed by atoms with Gasteiger partial charge in [-0.05, 0) is 49.9 Å². The molecule has 1 aliphatic carbocycles. The number of anilines is 3. The summed E-state index contributed by atoms with van der Waals surface area (Å²) in [5, 5.41) is 15.3. The fraction of sp³-hybridized carbons (Fsp3) is 0.455. The molecular weight excluding hydrogens is 410 g/mol. The molecule has 1 aromatic carbocycles. The van der Waals surface area contributed by atoms with Crippen molar-refractivity contribution in [1.29, 1.82) is 0 Å². The molecule has 0 saturated heterocycles. The Morgan fingerprint density at radius 3 is 2.72 bits per heavy atom. The van der Waals surface area contributed by atoms with Gasteiger partial charge in [0, 0.05) is 18.2 Å². The number of carbonyl (C=O) groups is 1. The van der Waals surface area contributed by atoms with Gasteiger partial charge in [0.25, 0.3) is 0 Å². The Morgan fingerprint density at radius 2 is 1.94 bits per heavy atom. The number of hydrogen-bond acceptors (Lipinski definition) is 8. The third-order valence-electron chi connectivity index (χ3n) is 5.53. The SMILES string of the molecule is O=C(CCCCOc1ccc(Nc2nc(NC3CCCCC3)c3nc[nH]c3n2)cc1)NO. The fourth-order valence-electron chi connectivity index (χ4n) is 3.83. The highest BCUT2D eigenvalue weighted by molar-refractivity contribution is 5.84. The van der Waals surface area contributed by atoms with Gasteiger partial charge in [0.1, 0.15) is 11.3 Å². The maximum atomic E-state index is 11.0. The lowest BCUT2D eigenvalue weighted by Gasteiger charge is -2.23. The van der Waals surface area contributed by atoms with Crippen molar-refractivity contribution < 1.29 is 14.7 Å². The molecule has 0 aliphatic heterocycles. The van der Waals surface area contributed by atoms with E-state index in [0.717, 1.165) is 42.0 Å². The lowest BCUT2D eigenvalue weighted by molar-refractivity contribution is -0.129. The third-order valence-corrected chi connectivity index (χ3v) is 5.53. The van der Waals surface area contributed by atoms with Crippen LogP contribution in [0.15, 0.2) is 30.6 Å². The van der Waals surface area contributed by atoms with Crippen molar-refractivity contribution in [3.63, 3.8) is 0 Å². The molecule has 0 unspecified atom stereocenters. The molecule has 1 fully saturated rings. The number of hydrogen-bond donors (Lipinski definition) is 5. The Labute approximate surface area is 186 Å². The Balaban J connectivity index is 1.35. The van der Waals surface area contributed by atoms with Crippen molar-refractivity contribution >= 4 is 34.5 Å². The molecule has 2 aromatic heterocycles. The van der Waals surface area contributed by atoms with Crippen molar-refractivity contribution in [1.82, 2.24) is 25.4 Å². The van der Waals surface area contributed by atoms with Crippen molar-refractivity contribution in [2.24, 2.45) is 0 Å². The average molecular weight is 440 g/mol. The van der Waals surface area contributed by atoms with Gasteiger partial charge in [0.15, 0.2) is 11.5 Å². The molecule has 1 amide bonds. The number of aromatic nitrogens is 4. The van der Waals surface area contributed by atoms with Crippen molar-refractivity contribution in [3.05, 3.63) is 30.6 Å². The Bertz CT molecular complexity index is 1020. The molecule has 0 radical (unpaired) electrons. The van der Waals surface area contributed by atoms with Gasteiger partial charge in [-0.15, -0.1) is 0 Å². The number of benzene rings is 1. The van der Waals surface area contributed by atoms with E-state index in [1.165, 1.54) is 19.3 Å². The summed E-state index contributed by atoms with van der Waals surface area (Å²) >= 11 is 0. The number of unbranched alkanes of at least 4 members (excludes halogenated alkanes) is 1. The maximum absolute atomic E-state index is 11.0. The minimum atomic E-state index is -0.381. The first kappa shape index (κ1) is 21.8. The molecule has 170 valence electrons. The largest absolute Gasteiger partial charge is 0.494 e. The lowest BCUT2D eigenvalue weighted by atomic mass is 9.95. The summed E-state index contributed by atoms with van der Waals surface area (Å²) in [5.41, 5.74) is 3.91. The lowest BCUT2D eigenvalue weighted by Crippen LogP contribution is -2.23. The van der Waals surface area contributed by atoms with Crippen LogP contribution in [0, 0.1) is 0 Å². The topological polar surface area (TPSA) is 137 Å². The van der Waals surface area contributed by atoms with E-state index >= 15 is 0 Å². The molecule has 0 atom stereocenters. The summed E-state index contributed by atoms with van der Waals surface area (Å²) in [5.74, 6) is 1.61. The molecule has 3 aromatic rings. The summed E-state index contributed by atoms with van der Waals surface area (Å²) in [7, 11) is 0. The van der Waals surface area contributed by atoms with Crippen molar-refractivity contribution in [2.75, 3.05) is 17.2 Å². The molecule has 0 spiro atoms. The van der Waals surface area contributed by atoms with E-state index < -0.39 is 0 Å². The number of H-pyrrole nitrogens is 1. The number of rotatable bonds is 10. The number of fused-ring (bicyclic) bond motifs is 1. The Hall–Kier alpha value is -3.40. The molecule has 1 aliphatic rings. The van der Waals surface area contributed by atoms with E-state index in [4.69, 9.17) is 9.94 Å². The van der Waals surface area contributed by atoms with Crippen LogP contribution in [0.5, 0.6) is 5.75 Å². The number of ether oxygens (including phenoxy) is 1. The van der Waals surface area contributed by atoms with E-state index in [1.54, 1.807) is 11.8 Å². The summed E-state index contributed by atoms with van der Waals surface area (Å²) in [4.78, 5) is 27.7. The van der Waals surface area contributed by atoms with E-state index in [-0.39, 0.29) is 12.3 Å². The fourth-order valence-corrected chi connectivity index (χ4v) is 3.83. The maximum Gasteiger partial charge on any atom is 0.243 e. The van der Waals surface area contributed by atoms with Gasteiger partial charge in [0.2, 0.25) is 11.9 Å². The second-order valence-electron chi connectivity index (χ2n) is 7.96. The zero-order valence-electron chi connectivity index (χ0n) is 17.9. The minimum Gasteiger partial charge on any atom is -0.494 e. The van der Waals surface area contributed by atoms with Crippen LogP contribution in [0.4, 0.5) is 17.5 Å². The molecule has 5 N–H and O–H groups in total. The highest BCUT2D eigenvalue weighted by Crippen LogP contribution is 2.26. The van der Waals surface area contributed by atoms with Gasteiger partial charge in [-0.1, -0.05) is 19.3 Å². The van der Waals surface area contributed by atoms with Crippen LogP contribution < -0.4 is 20.9 Å². The van der Waals surface area contributed by atoms with E-state index in [1.807, 2.05) is 24.3 Å². The van der Waals surface area contributed by atoms with E-state index in [2.05, 4.69) is 30.6 Å². The van der Waals surface area contributed by atoms with Gasteiger partial charge < -0.3 is 20.4 Å². The first-order valence-electron chi connectivity index (χ1n) is 11.1. The third kappa shape index (κ3) is 5.85. The van der Waals surface area contributed by atoms with Crippen molar-refractivity contribution in [3.8, 4) is 5.75 Å². The standard InChI is InChI=1S/C22H29N7O3/c30-18(29-31)8-4-5-13-32-17-11-9-16(10-12-17)26-22-27-20-19(23-14-24-20)21(28-22)25-15-6-2-1-3-7-15/h9-12,14-15,31H,1-8,13H2,(H,29,30)(H3,23,24,25,26,27,28). The highest BCUT2D eigenvalue weighted by atomic mass is 16.5. The molecule has 10 heteroatoms. The zero-order chi connectivity index (χ0) is 22.2. The molecule has 32 heavy (non-hydrogen) atoms. The second-order valence-corrected chi connectivity index (χ2v) is 7.96. The van der Waals surface area contributed by atoms with Crippen LogP contribution in [-0.2, 0) is 4.79 Å². The first-order chi connectivity index (χ1) is 15.7. The number of nitrogens with zero attached hydrogens (tertiary/aromatic N) is 3. The van der Waals surface area contributed by atoms with Crippen molar-refractivity contribution in [2.45, 2.75) is 57.4 Å². The van der Waals surface area contributed by atoms with Crippen LogP contribution >= 0.6 is 0 Å². The summed E-state index contributed by atoms with van der Waals surface area (Å²) < 4.78 is 5.70. The number of imidazole rings is 1. The smallest absolute Gasteiger partial charge is 0.243 e. The molecular formula is C22H29N7O3. The van der Waals surface area contributed by atoms with E-state index in [0.29, 0.717) is 30.7 Å². The van der Waals surface area contributed by atoms with Gasteiger partial charge in [-0.3, -0.25) is 10.0 Å². The van der Waals surface area contributed by atoms with E-state index in [9.17, 15) is 4.79 Å². The normalized spacial score (nSPS) is 14.3. The quantitative estimate of drug-likeness (QED) is 0.182. The van der Waals surface area contributed by atoms with Gasteiger partial charge in [0.05, 0.1) is 12.9 Å². The minimum absolute atomic E-state index is 0.279. The zero-order valence-corrected chi connectivity index (χ0v) is 17.9. The van der Waals surface area contributed by atoms with Crippen LogP contribution in [-0.4, -0.2) is 43.7 Å². The molecule has 2 heterocycles. The summed E-state index contributed by atoms with van der Waals surface area (Å²) in [6, 6.07) is 7.98. The number of hydroxylamine groups is 1. The Kier molecular flexibility index (Phi) is 7.34. The predicted octanol–water partition coefficient (Wildman–Crippen LogP) is 3.90. The average Bonchev–Trinajstić information content (AvgIpc) is 3.29. The number of nitrogens with one attached hydrogen (secondary N) is 4. The Morgan fingerprint density at radius 1 is 1.12 bits per heavy atom. The highest BCUT2D eigenvalue weighted by Gasteiger charge is 2.17. The van der Waals surface area contributed by atoms with Gasteiger partial charge in [-0.25, -0.2) is 10.5 Å².